The number of nitrogens with two attached hydrogens (primary N) is 1. The molecule has 0 atom stereocenters. The SMILES string of the molecule is CCCNC(=O)N(CCCN)C1CCCCC1. The van der Waals surface area contributed by atoms with Crippen LogP contribution < -0.4 is 11.1 Å². The molecule has 0 spiro atoms. The minimum atomic E-state index is 0.104. The van der Waals surface area contributed by atoms with E-state index in [9.17, 15) is 4.79 Å². The molecule has 17 heavy (non-hydrogen) atoms. The second-order valence-electron chi connectivity index (χ2n) is 4.86. The minimum absolute atomic E-state index is 0.104. The van der Waals surface area contributed by atoms with Crippen molar-refractivity contribution in [1.29, 1.82) is 0 Å². The predicted octanol–water partition coefficient (Wildman–Crippen LogP) is 2.09. The van der Waals surface area contributed by atoms with Crippen LogP contribution in [0.15, 0.2) is 0 Å². The summed E-state index contributed by atoms with van der Waals surface area (Å²) in [4.78, 5) is 14.1. The fourth-order valence-electron chi connectivity index (χ4n) is 2.44. The number of hydrogen-bond donors (Lipinski definition) is 2. The van der Waals surface area contributed by atoms with E-state index in [4.69, 9.17) is 5.73 Å². The standard InChI is InChI=1S/C13H27N3O/c1-2-10-15-13(17)16(11-6-9-14)12-7-4-3-5-8-12/h12H,2-11,14H2,1H3,(H,15,17). The van der Waals surface area contributed by atoms with Gasteiger partial charge in [-0.25, -0.2) is 4.79 Å². The molecule has 0 saturated heterocycles. The van der Waals surface area contributed by atoms with Gasteiger partial charge in [0, 0.05) is 19.1 Å². The molecule has 100 valence electrons. The van der Waals surface area contributed by atoms with Crippen LogP contribution in [0.5, 0.6) is 0 Å². The van der Waals surface area contributed by atoms with Gasteiger partial charge in [-0.05, 0) is 32.2 Å². The maximum atomic E-state index is 12.1. The van der Waals surface area contributed by atoms with E-state index >= 15 is 0 Å². The molecule has 4 heteroatoms. The first kappa shape index (κ1) is 14.3. The third-order valence-electron chi connectivity index (χ3n) is 3.41. The number of nitrogens with one attached hydrogen (secondary N) is 1. The van der Waals surface area contributed by atoms with Crippen molar-refractivity contribution < 1.29 is 4.79 Å². The van der Waals surface area contributed by atoms with E-state index < -0.39 is 0 Å². The Hall–Kier alpha value is -0.770. The average Bonchev–Trinajstić information content (AvgIpc) is 2.38. The van der Waals surface area contributed by atoms with Crippen LogP contribution in [0.4, 0.5) is 4.79 Å². The Bertz CT molecular complexity index is 215. The third-order valence-corrected chi connectivity index (χ3v) is 3.41. The van der Waals surface area contributed by atoms with Gasteiger partial charge >= 0.3 is 6.03 Å². The quantitative estimate of drug-likeness (QED) is 0.748. The van der Waals surface area contributed by atoms with Crippen molar-refractivity contribution in [3.63, 3.8) is 0 Å². The van der Waals surface area contributed by atoms with Crippen molar-refractivity contribution in [3.8, 4) is 0 Å². The van der Waals surface area contributed by atoms with Crippen LogP contribution in [0.1, 0.15) is 51.9 Å². The molecule has 3 N–H and O–H groups in total. The Labute approximate surface area is 105 Å². The molecule has 0 unspecified atom stereocenters. The Morgan fingerprint density at radius 3 is 2.65 bits per heavy atom. The molecule has 0 radical (unpaired) electrons. The van der Waals surface area contributed by atoms with Crippen molar-refractivity contribution in [2.75, 3.05) is 19.6 Å². The second-order valence-corrected chi connectivity index (χ2v) is 4.86. The van der Waals surface area contributed by atoms with Crippen molar-refractivity contribution >= 4 is 6.03 Å². The third kappa shape index (κ3) is 4.94. The van der Waals surface area contributed by atoms with Crippen LogP contribution >= 0.6 is 0 Å². The maximum Gasteiger partial charge on any atom is 0.317 e. The van der Waals surface area contributed by atoms with Gasteiger partial charge in [-0.15, -0.1) is 0 Å². The Kier molecular flexibility index (Phi) is 7.01. The van der Waals surface area contributed by atoms with E-state index in [1.54, 1.807) is 0 Å². The zero-order valence-electron chi connectivity index (χ0n) is 11.1. The summed E-state index contributed by atoms with van der Waals surface area (Å²) < 4.78 is 0. The fraction of sp³-hybridized carbons (Fsp3) is 0.923. The highest BCUT2D eigenvalue weighted by molar-refractivity contribution is 5.74. The first-order valence-corrected chi connectivity index (χ1v) is 7.04. The van der Waals surface area contributed by atoms with Crippen LogP contribution in [0.25, 0.3) is 0 Å². The fourth-order valence-corrected chi connectivity index (χ4v) is 2.44. The summed E-state index contributed by atoms with van der Waals surface area (Å²) in [7, 11) is 0. The summed E-state index contributed by atoms with van der Waals surface area (Å²) in [5, 5.41) is 2.98. The van der Waals surface area contributed by atoms with E-state index in [-0.39, 0.29) is 6.03 Å². The normalized spacial score (nSPS) is 16.8. The van der Waals surface area contributed by atoms with Crippen LogP contribution in [-0.4, -0.2) is 36.6 Å². The van der Waals surface area contributed by atoms with Crippen molar-refractivity contribution in [2.45, 2.75) is 57.9 Å². The summed E-state index contributed by atoms with van der Waals surface area (Å²) in [6, 6.07) is 0.541. The van der Waals surface area contributed by atoms with Crippen molar-refractivity contribution in [2.24, 2.45) is 5.73 Å². The topological polar surface area (TPSA) is 58.4 Å². The van der Waals surface area contributed by atoms with Crippen molar-refractivity contribution in [1.82, 2.24) is 10.2 Å². The van der Waals surface area contributed by atoms with Gasteiger partial charge in [0.2, 0.25) is 0 Å². The number of carbonyl (C=O) groups excluding carboxylic acids is 1. The number of carbonyl (C=O) groups is 1. The van der Waals surface area contributed by atoms with Gasteiger partial charge < -0.3 is 16.0 Å². The lowest BCUT2D eigenvalue weighted by Crippen LogP contribution is -2.47. The van der Waals surface area contributed by atoms with E-state index in [1.165, 1.54) is 19.3 Å². The molecule has 0 aromatic rings. The van der Waals surface area contributed by atoms with Gasteiger partial charge in [0.25, 0.3) is 0 Å². The van der Waals surface area contributed by atoms with Crippen molar-refractivity contribution in [3.05, 3.63) is 0 Å². The molecule has 1 saturated carbocycles. The highest BCUT2D eigenvalue weighted by atomic mass is 16.2. The van der Waals surface area contributed by atoms with Crippen LogP contribution in [0.2, 0.25) is 0 Å². The van der Waals surface area contributed by atoms with Crippen LogP contribution in [0, 0.1) is 0 Å². The number of hydrogen-bond acceptors (Lipinski definition) is 2. The Morgan fingerprint density at radius 2 is 2.06 bits per heavy atom. The summed E-state index contributed by atoms with van der Waals surface area (Å²) in [5.41, 5.74) is 5.55. The Balaban J connectivity index is 2.48. The number of urea groups is 1. The van der Waals surface area contributed by atoms with Crippen LogP contribution in [0.3, 0.4) is 0 Å². The van der Waals surface area contributed by atoms with Crippen LogP contribution in [-0.2, 0) is 0 Å². The number of amides is 2. The molecule has 0 aromatic heterocycles. The van der Waals surface area contributed by atoms with Gasteiger partial charge in [0.1, 0.15) is 0 Å². The van der Waals surface area contributed by atoms with Gasteiger partial charge in [-0.3, -0.25) is 0 Å². The molecule has 1 fully saturated rings. The Morgan fingerprint density at radius 1 is 1.35 bits per heavy atom. The summed E-state index contributed by atoms with van der Waals surface area (Å²) in [6.45, 7) is 4.30. The largest absolute Gasteiger partial charge is 0.338 e. The summed E-state index contributed by atoms with van der Waals surface area (Å²) >= 11 is 0. The zero-order chi connectivity index (χ0) is 12.5. The molecule has 0 aliphatic heterocycles. The van der Waals surface area contributed by atoms with Gasteiger partial charge in [0.15, 0.2) is 0 Å². The molecule has 0 heterocycles. The van der Waals surface area contributed by atoms with Gasteiger partial charge in [-0.1, -0.05) is 26.2 Å². The highest BCUT2D eigenvalue weighted by Crippen LogP contribution is 2.22. The summed E-state index contributed by atoms with van der Waals surface area (Å²) in [5.74, 6) is 0. The highest BCUT2D eigenvalue weighted by Gasteiger charge is 2.24. The molecular formula is C13H27N3O. The molecule has 0 bridgehead atoms. The molecule has 0 aromatic carbocycles. The smallest absolute Gasteiger partial charge is 0.317 e. The molecular weight excluding hydrogens is 214 g/mol. The predicted molar refractivity (Wildman–Crippen MR) is 70.9 cm³/mol. The first-order valence-electron chi connectivity index (χ1n) is 7.04. The lowest BCUT2D eigenvalue weighted by atomic mass is 9.94. The molecule has 1 aliphatic carbocycles. The average molecular weight is 241 g/mol. The van der Waals surface area contributed by atoms with Gasteiger partial charge in [-0.2, -0.15) is 0 Å². The monoisotopic (exact) mass is 241 g/mol. The van der Waals surface area contributed by atoms with Gasteiger partial charge in [0.05, 0.1) is 0 Å². The lowest BCUT2D eigenvalue weighted by Gasteiger charge is -2.34. The number of rotatable bonds is 6. The second kappa shape index (κ2) is 8.34. The molecule has 1 aliphatic rings. The molecule has 1 rings (SSSR count). The molecule has 4 nitrogen and oxygen atoms in total. The van der Waals surface area contributed by atoms with E-state index in [2.05, 4.69) is 12.2 Å². The summed E-state index contributed by atoms with van der Waals surface area (Å²) in [6.07, 6.45) is 8.03. The first-order chi connectivity index (χ1) is 8.29. The minimum Gasteiger partial charge on any atom is -0.338 e. The van der Waals surface area contributed by atoms with E-state index in [1.807, 2.05) is 4.90 Å². The zero-order valence-corrected chi connectivity index (χ0v) is 11.1. The maximum absolute atomic E-state index is 12.1. The van der Waals surface area contributed by atoms with E-state index in [0.29, 0.717) is 12.6 Å². The molecule has 2 amide bonds. The van der Waals surface area contributed by atoms with E-state index in [0.717, 1.165) is 38.8 Å². The number of nitrogens with zero attached hydrogens (tertiary/aromatic N) is 1. The lowest BCUT2D eigenvalue weighted by molar-refractivity contribution is 0.155.